The van der Waals surface area contributed by atoms with E-state index < -0.39 is 0 Å². The number of benzene rings is 3. The van der Waals surface area contributed by atoms with Crippen LogP contribution in [0.2, 0.25) is 0 Å². The van der Waals surface area contributed by atoms with E-state index in [0.717, 1.165) is 0 Å². The highest BCUT2D eigenvalue weighted by Gasteiger charge is 2.15. The fourth-order valence-electron chi connectivity index (χ4n) is 3.15. The number of nitrogens with one attached hydrogen (secondary N) is 2. The van der Waals surface area contributed by atoms with Crippen molar-refractivity contribution < 1.29 is 9.59 Å². The Bertz CT molecular complexity index is 1100. The van der Waals surface area contributed by atoms with Crippen molar-refractivity contribution in [2.75, 3.05) is 10.6 Å². The predicted molar refractivity (Wildman–Crippen MR) is 119 cm³/mol. The molecule has 0 saturated carbocycles. The summed E-state index contributed by atoms with van der Waals surface area (Å²) in [5.74, 6) is -0.0170. The van der Waals surface area contributed by atoms with Crippen LogP contribution in [0.1, 0.15) is 36.2 Å². The van der Waals surface area contributed by atoms with Crippen LogP contribution in [0.15, 0.2) is 72.8 Å². The smallest absolute Gasteiger partial charge is 0.256 e. The number of carbonyl (C=O) groups is 2. The Labute approximate surface area is 176 Å². The van der Waals surface area contributed by atoms with E-state index in [9.17, 15) is 14.9 Å². The molecule has 2 N–H and O–H groups in total. The molecular formula is C25H23N3O2. The Kier molecular flexibility index (Phi) is 6.61. The van der Waals surface area contributed by atoms with Crippen molar-refractivity contribution in [3.8, 4) is 17.2 Å². The Morgan fingerprint density at radius 2 is 1.40 bits per heavy atom. The number of hydrogen-bond acceptors (Lipinski definition) is 3. The molecule has 0 aliphatic rings. The van der Waals surface area contributed by atoms with E-state index in [1.807, 2.05) is 38.1 Å². The van der Waals surface area contributed by atoms with Gasteiger partial charge in [-0.05, 0) is 47.9 Å². The summed E-state index contributed by atoms with van der Waals surface area (Å²) in [4.78, 5) is 24.8. The van der Waals surface area contributed by atoms with Gasteiger partial charge in [0.15, 0.2) is 0 Å². The summed E-state index contributed by atoms with van der Waals surface area (Å²) in [6.07, 6.45) is 0.458. The Morgan fingerprint density at radius 1 is 0.833 bits per heavy atom. The summed E-state index contributed by atoms with van der Waals surface area (Å²) in [6.45, 7) is 3.98. The van der Waals surface area contributed by atoms with Crippen molar-refractivity contribution in [2.24, 2.45) is 5.92 Å². The molecule has 5 nitrogen and oxygen atoms in total. The lowest BCUT2D eigenvalue weighted by Crippen LogP contribution is -2.15. The van der Waals surface area contributed by atoms with Crippen LogP contribution in [-0.4, -0.2) is 11.8 Å². The van der Waals surface area contributed by atoms with E-state index in [-0.39, 0.29) is 17.7 Å². The van der Waals surface area contributed by atoms with Gasteiger partial charge in [-0.15, -0.1) is 0 Å². The number of amides is 2. The molecule has 150 valence electrons. The fraction of sp³-hybridized carbons (Fsp3) is 0.160. The molecule has 0 heterocycles. The summed E-state index contributed by atoms with van der Waals surface area (Å²) in [5.41, 5.74) is 3.71. The highest BCUT2D eigenvalue weighted by molar-refractivity contribution is 6.09. The number of rotatable bonds is 6. The second-order valence-corrected chi connectivity index (χ2v) is 7.38. The van der Waals surface area contributed by atoms with E-state index in [4.69, 9.17) is 0 Å². The number of nitriles is 1. The fourth-order valence-corrected chi connectivity index (χ4v) is 3.15. The SMILES string of the molecule is CC(C)CC(=O)Nc1ccc(NC(=O)c2ccccc2-c2ccccc2C#N)cc1. The van der Waals surface area contributed by atoms with Gasteiger partial charge in [-0.3, -0.25) is 9.59 Å². The zero-order chi connectivity index (χ0) is 21.5. The summed E-state index contributed by atoms with van der Waals surface area (Å²) >= 11 is 0. The van der Waals surface area contributed by atoms with Crippen molar-refractivity contribution in [1.82, 2.24) is 0 Å². The van der Waals surface area contributed by atoms with Gasteiger partial charge in [-0.2, -0.15) is 5.26 Å². The molecule has 0 atom stereocenters. The Hall–Kier alpha value is -3.91. The van der Waals surface area contributed by atoms with Gasteiger partial charge < -0.3 is 10.6 Å². The van der Waals surface area contributed by atoms with Gasteiger partial charge in [0.1, 0.15) is 0 Å². The minimum Gasteiger partial charge on any atom is -0.326 e. The van der Waals surface area contributed by atoms with Crippen LogP contribution in [0.3, 0.4) is 0 Å². The van der Waals surface area contributed by atoms with Gasteiger partial charge in [-0.1, -0.05) is 50.2 Å². The largest absolute Gasteiger partial charge is 0.326 e. The quantitative estimate of drug-likeness (QED) is 0.579. The van der Waals surface area contributed by atoms with Gasteiger partial charge in [0.25, 0.3) is 5.91 Å². The van der Waals surface area contributed by atoms with E-state index in [1.165, 1.54) is 0 Å². The minimum absolute atomic E-state index is 0.0353. The van der Waals surface area contributed by atoms with Crippen LogP contribution in [0.25, 0.3) is 11.1 Å². The predicted octanol–water partition coefficient (Wildman–Crippen LogP) is 5.46. The first-order valence-corrected chi connectivity index (χ1v) is 9.77. The van der Waals surface area contributed by atoms with Crippen LogP contribution in [-0.2, 0) is 4.79 Å². The van der Waals surface area contributed by atoms with Crippen molar-refractivity contribution >= 4 is 23.2 Å². The maximum Gasteiger partial charge on any atom is 0.256 e. The van der Waals surface area contributed by atoms with Gasteiger partial charge in [0.05, 0.1) is 11.6 Å². The summed E-state index contributed by atoms with van der Waals surface area (Å²) < 4.78 is 0. The molecule has 0 unspecified atom stereocenters. The lowest BCUT2D eigenvalue weighted by molar-refractivity contribution is -0.116. The van der Waals surface area contributed by atoms with Crippen molar-refractivity contribution in [3.05, 3.63) is 83.9 Å². The van der Waals surface area contributed by atoms with Gasteiger partial charge in [-0.25, -0.2) is 0 Å². The second-order valence-electron chi connectivity index (χ2n) is 7.38. The molecule has 0 fully saturated rings. The number of carbonyl (C=O) groups excluding carboxylic acids is 2. The Balaban J connectivity index is 1.78. The molecule has 0 aromatic heterocycles. The average Bonchev–Trinajstić information content (AvgIpc) is 2.74. The maximum atomic E-state index is 12.9. The molecule has 0 spiro atoms. The van der Waals surface area contributed by atoms with E-state index in [0.29, 0.717) is 40.0 Å². The third-order valence-corrected chi connectivity index (χ3v) is 4.53. The lowest BCUT2D eigenvalue weighted by Gasteiger charge is -2.12. The van der Waals surface area contributed by atoms with Crippen LogP contribution in [0, 0.1) is 17.2 Å². The lowest BCUT2D eigenvalue weighted by atomic mass is 9.95. The number of anilines is 2. The van der Waals surface area contributed by atoms with Crippen molar-refractivity contribution in [3.63, 3.8) is 0 Å². The number of nitrogens with zero attached hydrogens (tertiary/aromatic N) is 1. The third-order valence-electron chi connectivity index (χ3n) is 4.53. The highest BCUT2D eigenvalue weighted by atomic mass is 16.2. The molecule has 5 heteroatoms. The Morgan fingerprint density at radius 3 is 2.03 bits per heavy atom. The van der Waals surface area contributed by atoms with Crippen LogP contribution < -0.4 is 10.6 Å². The molecular weight excluding hydrogens is 374 g/mol. The maximum absolute atomic E-state index is 12.9. The van der Waals surface area contributed by atoms with Crippen molar-refractivity contribution in [1.29, 1.82) is 5.26 Å². The minimum atomic E-state index is -0.269. The molecule has 3 rings (SSSR count). The normalized spacial score (nSPS) is 10.3. The molecule has 30 heavy (non-hydrogen) atoms. The summed E-state index contributed by atoms with van der Waals surface area (Å²) in [5, 5.41) is 15.1. The van der Waals surface area contributed by atoms with Crippen molar-refractivity contribution in [2.45, 2.75) is 20.3 Å². The second kappa shape index (κ2) is 9.53. The molecule has 3 aromatic rings. The summed E-state index contributed by atoms with van der Waals surface area (Å²) in [7, 11) is 0. The average molecular weight is 397 g/mol. The molecule has 0 bridgehead atoms. The van der Waals surface area contributed by atoms with E-state index >= 15 is 0 Å². The third kappa shape index (κ3) is 5.12. The standard InChI is InChI=1S/C25H23N3O2/c1-17(2)15-24(29)27-19-11-13-20(14-12-19)28-25(30)23-10-6-5-9-22(23)21-8-4-3-7-18(21)16-26/h3-14,17H,15H2,1-2H3,(H,27,29)(H,28,30). The molecule has 0 saturated heterocycles. The van der Waals surface area contributed by atoms with Crippen LogP contribution >= 0.6 is 0 Å². The number of hydrogen-bond donors (Lipinski definition) is 2. The zero-order valence-electron chi connectivity index (χ0n) is 17.0. The molecule has 0 radical (unpaired) electrons. The van der Waals surface area contributed by atoms with Gasteiger partial charge in [0.2, 0.25) is 5.91 Å². The van der Waals surface area contributed by atoms with E-state index in [2.05, 4.69) is 16.7 Å². The van der Waals surface area contributed by atoms with E-state index in [1.54, 1.807) is 48.5 Å². The molecule has 0 aliphatic carbocycles. The first-order chi connectivity index (χ1) is 14.5. The molecule has 2 amide bonds. The molecule has 0 aliphatic heterocycles. The van der Waals surface area contributed by atoms with Gasteiger partial charge >= 0.3 is 0 Å². The monoisotopic (exact) mass is 397 g/mol. The van der Waals surface area contributed by atoms with Crippen LogP contribution in [0.5, 0.6) is 0 Å². The molecule has 3 aromatic carbocycles. The first kappa shape index (κ1) is 20.8. The highest BCUT2D eigenvalue weighted by Crippen LogP contribution is 2.27. The zero-order valence-corrected chi connectivity index (χ0v) is 17.0. The van der Waals surface area contributed by atoms with Crippen LogP contribution in [0.4, 0.5) is 11.4 Å². The summed E-state index contributed by atoms with van der Waals surface area (Å²) in [6, 6.07) is 23.6. The topological polar surface area (TPSA) is 82.0 Å². The first-order valence-electron chi connectivity index (χ1n) is 9.77. The van der Waals surface area contributed by atoms with Gasteiger partial charge in [0, 0.05) is 28.9 Å².